The van der Waals surface area contributed by atoms with Gasteiger partial charge in [-0.15, -0.1) is 0 Å². The van der Waals surface area contributed by atoms with Crippen LogP contribution in [0.25, 0.3) is 0 Å². The molecule has 0 aliphatic rings. The third-order valence-electron chi connectivity index (χ3n) is 3.49. The van der Waals surface area contributed by atoms with E-state index < -0.39 is 12.0 Å². The first-order valence-electron chi connectivity index (χ1n) is 8.39. The zero-order chi connectivity index (χ0) is 19.9. The third-order valence-corrected chi connectivity index (χ3v) is 3.49. The van der Waals surface area contributed by atoms with Gasteiger partial charge in [-0.1, -0.05) is 0 Å². The van der Waals surface area contributed by atoms with Crippen LogP contribution in [0.2, 0.25) is 0 Å². The van der Waals surface area contributed by atoms with Crippen molar-refractivity contribution in [1.29, 1.82) is 5.41 Å². The molecule has 0 saturated carbocycles. The quantitative estimate of drug-likeness (QED) is 0.0900. The number of aliphatic imine (C=N–C) groups is 2. The van der Waals surface area contributed by atoms with Crippen LogP contribution in [0.15, 0.2) is 9.98 Å². The second-order valence-electron chi connectivity index (χ2n) is 5.69. The molecule has 150 valence electrons. The Kier molecular flexibility index (Phi) is 12.1. The Morgan fingerprint density at radius 1 is 1.00 bits per heavy atom. The van der Waals surface area contributed by atoms with E-state index >= 15 is 0 Å². The van der Waals surface area contributed by atoms with Gasteiger partial charge in [-0.25, -0.2) is 0 Å². The second-order valence-corrected chi connectivity index (χ2v) is 5.69. The van der Waals surface area contributed by atoms with Gasteiger partial charge >= 0.3 is 5.97 Å². The average molecular weight is 372 g/mol. The summed E-state index contributed by atoms with van der Waals surface area (Å²) >= 11 is 0. The van der Waals surface area contributed by atoms with Crippen LogP contribution in [0.1, 0.15) is 25.7 Å². The maximum Gasteiger partial charge on any atom is 0.320 e. The molecule has 12 nitrogen and oxygen atoms in total. The highest BCUT2D eigenvalue weighted by molar-refractivity contribution is 5.76. The highest BCUT2D eigenvalue weighted by atomic mass is 16.4. The molecule has 0 aromatic heterocycles. The van der Waals surface area contributed by atoms with E-state index in [2.05, 4.69) is 15.3 Å². The number of hydrogen-bond donors (Lipinski definition) is 8. The van der Waals surface area contributed by atoms with E-state index in [9.17, 15) is 9.90 Å². The molecule has 26 heavy (non-hydrogen) atoms. The van der Waals surface area contributed by atoms with Crippen LogP contribution in [0.3, 0.4) is 0 Å². The Balaban J connectivity index is 4.72. The zero-order valence-corrected chi connectivity index (χ0v) is 15.0. The predicted octanol–water partition coefficient (Wildman–Crippen LogP) is -2.67. The molecule has 0 aromatic rings. The monoisotopic (exact) mass is 372 g/mol. The molecule has 0 radical (unpaired) electrons. The van der Waals surface area contributed by atoms with Gasteiger partial charge in [0.15, 0.2) is 17.9 Å². The van der Waals surface area contributed by atoms with E-state index in [-0.39, 0.29) is 17.9 Å². The Morgan fingerprint density at radius 3 is 2.04 bits per heavy atom. The fourth-order valence-electron chi connectivity index (χ4n) is 2.37. The maximum atomic E-state index is 11.7. The highest BCUT2D eigenvalue weighted by Crippen LogP contribution is 2.10. The van der Waals surface area contributed by atoms with Gasteiger partial charge in [0, 0.05) is 32.7 Å². The van der Waals surface area contributed by atoms with Gasteiger partial charge in [-0.3, -0.25) is 25.1 Å². The molecule has 0 aliphatic carbocycles. The molecule has 0 unspecified atom stereocenters. The van der Waals surface area contributed by atoms with Crippen molar-refractivity contribution in [2.45, 2.75) is 31.7 Å². The highest BCUT2D eigenvalue weighted by Gasteiger charge is 2.24. The molecule has 13 N–H and O–H groups in total. The minimum absolute atomic E-state index is 0.00854. The lowest BCUT2D eigenvalue weighted by atomic mass is 10.1. The summed E-state index contributed by atoms with van der Waals surface area (Å²) < 4.78 is 0. The van der Waals surface area contributed by atoms with Crippen LogP contribution in [-0.2, 0) is 4.79 Å². The molecule has 0 bridgehead atoms. The molecular formula is C14H32N10O2. The smallest absolute Gasteiger partial charge is 0.320 e. The van der Waals surface area contributed by atoms with Crippen molar-refractivity contribution in [3.05, 3.63) is 0 Å². The van der Waals surface area contributed by atoms with Crippen LogP contribution in [0.4, 0.5) is 0 Å². The number of nitrogens with two attached hydrogens (primary N) is 5. The van der Waals surface area contributed by atoms with Crippen molar-refractivity contribution in [3.63, 3.8) is 0 Å². The van der Waals surface area contributed by atoms with E-state index in [4.69, 9.17) is 34.1 Å². The standard InChI is InChI=1S/C14H32N10O2/c15-12(16)21-5-1-4-10(11(25)26)24(8-2-6-22-13(17)18)9-3-7-23-14(19)20/h10H,1-9H2,(H,25,26)(H4,15,16,21)(H4,17,18,22)(H4,19,20,23)/t10-/m0/s1. The van der Waals surface area contributed by atoms with Crippen LogP contribution in [0, 0.1) is 5.41 Å². The molecule has 0 aliphatic heterocycles. The largest absolute Gasteiger partial charge is 0.480 e. The van der Waals surface area contributed by atoms with E-state index in [1.807, 2.05) is 4.90 Å². The van der Waals surface area contributed by atoms with E-state index in [0.717, 1.165) is 0 Å². The molecule has 0 fully saturated rings. The summed E-state index contributed by atoms with van der Waals surface area (Å²) in [6.45, 7) is 2.34. The summed E-state index contributed by atoms with van der Waals surface area (Å²) in [4.78, 5) is 21.3. The minimum Gasteiger partial charge on any atom is -0.480 e. The van der Waals surface area contributed by atoms with Crippen molar-refractivity contribution in [1.82, 2.24) is 10.2 Å². The van der Waals surface area contributed by atoms with Crippen molar-refractivity contribution < 1.29 is 9.90 Å². The number of rotatable bonds is 14. The molecule has 1 atom stereocenters. The number of nitrogens with one attached hydrogen (secondary N) is 2. The second kappa shape index (κ2) is 13.5. The minimum atomic E-state index is -0.906. The summed E-state index contributed by atoms with van der Waals surface area (Å²) in [7, 11) is 0. The molecule has 0 saturated heterocycles. The number of carboxylic acids is 1. The number of hydrogen-bond acceptors (Lipinski definition) is 5. The summed E-state index contributed by atoms with van der Waals surface area (Å²) in [5.41, 5.74) is 26.4. The third kappa shape index (κ3) is 12.6. The Bertz CT molecular complexity index is 486. The SMILES string of the molecule is N=C(N)NCCCN(CCCN=C(N)N)[C@@H](CCCN=C(N)N)C(=O)O. The molecule has 0 spiro atoms. The van der Waals surface area contributed by atoms with Crippen molar-refractivity contribution in [2.24, 2.45) is 38.7 Å². The first-order valence-corrected chi connectivity index (χ1v) is 8.39. The van der Waals surface area contributed by atoms with Crippen LogP contribution in [0.5, 0.6) is 0 Å². The Hall–Kier alpha value is -2.76. The topological polar surface area (TPSA) is 231 Å². The summed E-state index contributed by atoms with van der Waals surface area (Å²) in [5.74, 6) is -1.03. The molecule has 0 heterocycles. The van der Waals surface area contributed by atoms with Crippen LogP contribution in [-0.4, -0.2) is 72.6 Å². The molecule has 0 rings (SSSR count). The molecule has 12 heteroatoms. The Labute approximate surface area is 153 Å². The van der Waals surface area contributed by atoms with E-state index in [1.165, 1.54) is 0 Å². The van der Waals surface area contributed by atoms with Gasteiger partial charge in [-0.2, -0.15) is 0 Å². The summed E-state index contributed by atoms with van der Waals surface area (Å²) in [5, 5.41) is 19.4. The number of carbonyl (C=O) groups is 1. The van der Waals surface area contributed by atoms with Crippen LogP contribution >= 0.6 is 0 Å². The van der Waals surface area contributed by atoms with Gasteiger partial charge in [0.2, 0.25) is 0 Å². The lowest BCUT2D eigenvalue weighted by Gasteiger charge is -2.28. The number of guanidine groups is 3. The number of carboxylic acid groups (broad SMARTS) is 1. The molecular weight excluding hydrogens is 340 g/mol. The lowest BCUT2D eigenvalue weighted by molar-refractivity contribution is -0.143. The number of aliphatic carboxylic acids is 1. The van der Waals surface area contributed by atoms with Crippen molar-refractivity contribution in [3.8, 4) is 0 Å². The first-order chi connectivity index (χ1) is 12.2. The van der Waals surface area contributed by atoms with Crippen molar-refractivity contribution in [2.75, 3.05) is 32.7 Å². The summed E-state index contributed by atoms with van der Waals surface area (Å²) in [6.07, 6.45) is 2.22. The van der Waals surface area contributed by atoms with Gasteiger partial charge < -0.3 is 39.1 Å². The molecule has 0 aromatic carbocycles. The van der Waals surface area contributed by atoms with Crippen molar-refractivity contribution >= 4 is 23.8 Å². The van der Waals surface area contributed by atoms with Crippen LogP contribution < -0.4 is 34.0 Å². The predicted molar refractivity (Wildman–Crippen MR) is 103 cm³/mol. The average Bonchev–Trinajstić information content (AvgIpc) is 2.53. The summed E-state index contributed by atoms with van der Waals surface area (Å²) in [6, 6.07) is -0.666. The van der Waals surface area contributed by atoms with Gasteiger partial charge in [0.1, 0.15) is 6.04 Å². The number of nitrogens with zero attached hydrogens (tertiary/aromatic N) is 3. The Morgan fingerprint density at radius 2 is 1.54 bits per heavy atom. The zero-order valence-electron chi connectivity index (χ0n) is 15.0. The normalized spacial score (nSPS) is 11.6. The fraction of sp³-hybridized carbons (Fsp3) is 0.714. The van der Waals surface area contributed by atoms with Gasteiger partial charge in [-0.05, 0) is 25.7 Å². The van der Waals surface area contributed by atoms with E-state index in [0.29, 0.717) is 58.4 Å². The maximum absolute atomic E-state index is 11.7. The lowest BCUT2D eigenvalue weighted by Crippen LogP contribution is -2.43. The fourth-order valence-corrected chi connectivity index (χ4v) is 2.37. The van der Waals surface area contributed by atoms with E-state index in [1.54, 1.807) is 0 Å². The first kappa shape index (κ1) is 23.2. The van der Waals surface area contributed by atoms with Gasteiger partial charge in [0.05, 0.1) is 0 Å². The van der Waals surface area contributed by atoms with Gasteiger partial charge in [0.25, 0.3) is 0 Å². The molecule has 0 amide bonds.